The molecule has 0 aromatic rings. The Bertz CT molecular complexity index is 519. The first-order valence-electron chi connectivity index (χ1n) is 5.10. The number of carbonyl (C=O) groups excluding carboxylic acids is 2. The van der Waals surface area contributed by atoms with Crippen LogP contribution in [0.2, 0.25) is 0 Å². The molecular weight excluding hydrogens is 397 g/mol. The van der Waals surface area contributed by atoms with Crippen molar-refractivity contribution in [1.82, 2.24) is 4.90 Å². The Balaban J connectivity index is 2.48. The van der Waals surface area contributed by atoms with Crippen molar-refractivity contribution in [1.29, 1.82) is 0 Å². The second kappa shape index (κ2) is 4.20. The van der Waals surface area contributed by atoms with Gasteiger partial charge in [-0.2, -0.15) is 0 Å². The van der Waals surface area contributed by atoms with E-state index in [1.807, 2.05) is 22.6 Å². The molecule has 0 aromatic heterocycles. The van der Waals surface area contributed by atoms with Gasteiger partial charge >= 0.3 is 5.97 Å². The van der Waals surface area contributed by atoms with Crippen molar-refractivity contribution < 1.29 is 22.7 Å². The van der Waals surface area contributed by atoms with E-state index >= 15 is 0 Å². The Morgan fingerprint density at radius 2 is 2.11 bits per heavy atom. The van der Waals surface area contributed by atoms with E-state index in [4.69, 9.17) is 16.3 Å². The first kappa shape index (κ1) is 14.3. The van der Waals surface area contributed by atoms with Crippen molar-refractivity contribution in [2.75, 3.05) is 4.61 Å². The first-order chi connectivity index (χ1) is 8.17. The number of sulfone groups is 1. The fraction of sp³-hybridized carbons (Fsp3) is 0.778. The van der Waals surface area contributed by atoms with E-state index in [2.05, 4.69) is 0 Å². The molecule has 0 radical (unpaired) electrons. The molecular formula is C9H11ClINO5S. The Labute approximate surface area is 123 Å². The first-order valence-corrected chi connectivity index (χ1v) is 8.61. The van der Waals surface area contributed by atoms with E-state index in [0.29, 0.717) is 0 Å². The van der Waals surface area contributed by atoms with Crippen LogP contribution in [0.3, 0.4) is 0 Å². The van der Waals surface area contributed by atoms with Crippen LogP contribution in [0.5, 0.6) is 0 Å². The molecule has 2 rings (SSSR count). The fourth-order valence-electron chi connectivity index (χ4n) is 2.36. The van der Waals surface area contributed by atoms with Gasteiger partial charge in [0, 0.05) is 0 Å². The highest BCUT2D eigenvalue weighted by molar-refractivity contribution is 14.1. The van der Waals surface area contributed by atoms with Crippen molar-refractivity contribution in [3.8, 4) is 0 Å². The maximum absolute atomic E-state index is 12.3. The van der Waals surface area contributed by atoms with Crippen LogP contribution in [0.25, 0.3) is 0 Å². The van der Waals surface area contributed by atoms with E-state index in [1.165, 1.54) is 13.8 Å². The van der Waals surface area contributed by atoms with Crippen molar-refractivity contribution >= 4 is 55.9 Å². The van der Waals surface area contributed by atoms with Crippen LogP contribution in [0, 0.1) is 0 Å². The van der Waals surface area contributed by atoms with E-state index < -0.39 is 43.3 Å². The zero-order chi connectivity index (χ0) is 13.9. The van der Waals surface area contributed by atoms with Crippen LogP contribution in [-0.4, -0.2) is 51.3 Å². The third-order valence-electron chi connectivity index (χ3n) is 3.42. The van der Waals surface area contributed by atoms with Gasteiger partial charge in [0.05, 0.1) is 0 Å². The number of β-lactam (4-membered cyclic amide) rings is 1. The zero-order valence-electron chi connectivity index (χ0n) is 9.59. The number of ether oxygens (including phenoxy) is 1. The summed E-state index contributed by atoms with van der Waals surface area (Å²) in [5.74, 6) is -1.25. The van der Waals surface area contributed by atoms with Crippen LogP contribution < -0.4 is 0 Å². The summed E-state index contributed by atoms with van der Waals surface area (Å²) in [6.07, 6.45) is 0. The number of hydrogen-bond donors (Lipinski definition) is 0. The molecule has 2 heterocycles. The number of hydrogen-bond acceptors (Lipinski definition) is 5. The largest absolute Gasteiger partial charge is 0.453 e. The van der Waals surface area contributed by atoms with Gasteiger partial charge in [0.1, 0.15) is 20.8 Å². The minimum absolute atomic E-state index is 0.0974. The number of esters is 1. The summed E-state index contributed by atoms with van der Waals surface area (Å²) in [5.41, 5.74) is 0. The molecule has 6 nitrogen and oxygen atoms in total. The Morgan fingerprint density at radius 3 is 2.61 bits per heavy atom. The molecule has 0 spiro atoms. The van der Waals surface area contributed by atoms with Crippen LogP contribution in [0.4, 0.5) is 0 Å². The SMILES string of the molecule is CC1(C)[C@H](C(=O)OCI)N2C(=O)[C@H](Cl)[C@H]2S1(=O)=O. The highest BCUT2D eigenvalue weighted by atomic mass is 127. The van der Waals surface area contributed by atoms with E-state index in [1.54, 1.807) is 0 Å². The van der Waals surface area contributed by atoms with Crippen LogP contribution in [0.15, 0.2) is 0 Å². The summed E-state index contributed by atoms with van der Waals surface area (Å²) >= 11 is 7.56. The number of fused-ring (bicyclic) bond motifs is 1. The minimum atomic E-state index is -3.69. The number of nitrogens with zero attached hydrogens (tertiary/aromatic N) is 1. The molecule has 1 amide bonds. The highest BCUT2D eigenvalue weighted by Crippen LogP contribution is 2.47. The molecule has 0 aliphatic carbocycles. The van der Waals surface area contributed by atoms with Crippen molar-refractivity contribution in [3.63, 3.8) is 0 Å². The molecule has 0 unspecified atom stereocenters. The number of alkyl halides is 2. The lowest BCUT2D eigenvalue weighted by molar-refractivity contribution is -0.159. The summed E-state index contributed by atoms with van der Waals surface area (Å²) < 4.78 is 28.1. The smallest absolute Gasteiger partial charge is 0.331 e. The number of amides is 1. The van der Waals surface area contributed by atoms with E-state index in [-0.39, 0.29) is 4.61 Å². The Kier molecular flexibility index (Phi) is 3.34. The molecule has 102 valence electrons. The van der Waals surface area contributed by atoms with Crippen molar-refractivity contribution in [3.05, 3.63) is 0 Å². The maximum atomic E-state index is 12.3. The highest BCUT2D eigenvalue weighted by Gasteiger charge is 2.72. The number of halogens is 2. The Morgan fingerprint density at radius 1 is 1.56 bits per heavy atom. The molecule has 2 saturated heterocycles. The minimum Gasteiger partial charge on any atom is -0.453 e. The second-order valence-electron chi connectivity index (χ2n) is 4.66. The van der Waals surface area contributed by atoms with E-state index in [0.717, 1.165) is 4.90 Å². The molecule has 3 atom stereocenters. The molecule has 18 heavy (non-hydrogen) atoms. The molecule has 0 saturated carbocycles. The standard InChI is InChI=1S/C9H11ClINO5S/c1-9(2)5(8(14)17-3-11)12-6(13)4(10)7(12)18(9,15)16/h4-5,7H,3H2,1-2H3/t4-,5-,7+/m0/s1. The number of carbonyl (C=O) groups is 2. The van der Waals surface area contributed by atoms with E-state index in [9.17, 15) is 18.0 Å². The average molecular weight is 408 g/mol. The zero-order valence-corrected chi connectivity index (χ0v) is 13.3. The quantitative estimate of drug-likeness (QED) is 0.284. The third-order valence-corrected chi connectivity index (χ3v) is 7.13. The van der Waals surface area contributed by atoms with Crippen molar-refractivity contribution in [2.24, 2.45) is 0 Å². The topological polar surface area (TPSA) is 80.8 Å². The Hall–Kier alpha value is -0.0900. The molecule has 2 aliphatic rings. The van der Waals surface area contributed by atoms with Crippen LogP contribution in [0.1, 0.15) is 13.8 Å². The predicted molar refractivity (Wildman–Crippen MR) is 72.0 cm³/mol. The lowest BCUT2D eigenvalue weighted by Crippen LogP contribution is -2.64. The summed E-state index contributed by atoms with van der Waals surface area (Å²) in [7, 11) is -3.69. The molecule has 2 aliphatic heterocycles. The van der Waals surface area contributed by atoms with Gasteiger partial charge in [-0.25, -0.2) is 13.2 Å². The summed E-state index contributed by atoms with van der Waals surface area (Å²) in [6, 6.07) is -1.12. The molecule has 0 aromatic carbocycles. The summed E-state index contributed by atoms with van der Waals surface area (Å²) in [6.45, 7) is 2.83. The van der Waals surface area contributed by atoms with Crippen LogP contribution in [-0.2, 0) is 24.2 Å². The average Bonchev–Trinajstić information content (AvgIpc) is 2.41. The third kappa shape index (κ3) is 1.54. The van der Waals surface area contributed by atoms with Gasteiger partial charge in [-0.05, 0) is 36.4 Å². The van der Waals surface area contributed by atoms with Gasteiger partial charge in [-0.1, -0.05) is 0 Å². The van der Waals surface area contributed by atoms with Gasteiger partial charge in [0.25, 0.3) is 0 Å². The van der Waals surface area contributed by atoms with Gasteiger partial charge < -0.3 is 9.64 Å². The normalized spacial score (nSPS) is 35.9. The molecule has 2 fully saturated rings. The summed E-state index contributed by atoms with van der Waals surface area (Å²) in [4.78, 5) is 24.5. The molecule has 0 bridgehead atoms. The number of rotatable bonds is 2. The lowest BCUT2D eigenvalue weighted by Gasteiger charge is -2.39. The van der Waals surface area contributed by atoms with Gasteiger partial charge in [-0.15, -0.1) is 11.6 Å². The molecule has 0 N–H and O–H groups in total. The van der Waals surface area contributed by atoms with Gasteiger partial charge in [-0.3, -0.25) is 4.79 Å². The predicted octanol–water partition coefficient (Wildman–Crippen LogP) is 0.273. The monoisotopic (exact) mass is 407 g/mol. The fourth-order valence-corrected chi connectivity index (χ4v) is 5.41. The van der Waals surface area contributed by atoms with Gasteiger partial charge in [0.2, 0.25) is 5.91 Å². The second-order valence-corrected chi connectivity index (χ2v) is 8.38. The summed E-state index contributed by atoms with van der Waals surface area (Å²) in [5, 5.41) is -2.22. The maximum Gasteiger partial charge on any atom is 0.331 e. The van der Waals surface area contributed by atoms with Crippen LogP contribution >= 0.6 is 34.2 Å². The van der Waals surface area contributed by atoms with Gasteiger partial charge in [0.15, 0.2) is 15.2 Å². The lowest BCUT2D eigenvalue weighted by atomic mass is 9.98. The van der Waals surface area contributed by atoms with Crippen molar-refractivity contribution in [2.45, 2.75) is 35.4 Å². The molecule has 9 heteroatoms.